The summed E-state index contributed by atoms with van der Waals surface area (Å²) in [4.78, 5) is 16.2. The number of hydrogen-bond acceptors (Lipinski definition) is 4. The van der Waals surface area contributed by atoms with Crippen LogP contribution in [-0.4, -0.2) is 59.3 Å². The number of para-hydroxylation sites is 1. The van der Waals surface area contributed by atoms with E-state index in [2.05, 4.69) is 5.10 Å². The predicted octanol–water partition coefficient (Wildman–Crippen LogP) is 3.15. The van der Waals surface area contributed by atoms with Crippen LogP contribution in [0.4, 0.5) is 0 Å². The second-order valence-electron chi connectivity index (χ2n) is 7.28. The maximum atomic E-state index is 12.5. The zero-order valence-corrected chi connectivity index (χ0v) is 17.3. The van der Waals surface area contributed by atoms with E-state index >= 15 is 0 Å². The summed E-state index contributed by atoms with van der Waals surface area (Å²) < 4.78 is 7.58. The number of aryl methyl sites for hydroxylation is 1. The number of carbonyl (C=O) groups is 1. The molecule has 0 atom stereocenters. The number of carbonyl (C=O) groups excluding carboxylic acids is 1. The van der Waals surface area contributed by atoms with E-state index in [1.807, 2.05) is 91.4 Å². The van der Waals surface area contributed by atoms with Crippen molar-refractivity contribution in [3.05, 3.63) is 78.1 Å². The van der Waals surface area contributed by atoms with Crippen LogP contribution in [0.15, 0.2) is 67.0 Å². The average Bonchev–Trinajstić information content (AvgIpc) is 3.17. The minimum Gasteiger partial charge on any atom is -0.492 e. The molecule has 0 unspecified atom stereocenters. The molecule has 0 aliphatic rings. The topological polar surface area (TPSA) is 50.6 Å². The molecule has 1 aromatic heterocycles. The van der Waals surface area contributed by atoms with Crippen LogP contribution in [0.5, 0.6) is 5.75 Å². The van der Waals surface area contributed by atoms with Gasteiger partial charge in [0.2, 0.25) is 5.91 Å². The van der Waals surface area contributed by atoms with Gasteiger partial charge in [0.25, 0.3) is 0 Å². The summed E-state index contributed by atoms with van der Waals surface area (Å²) in [6.45, 7) is 4.14. The lowest BCUT2D eigenvalue weighted by atomic mass is 10.2. The summed E-state index contributed by atoms with van der Waals surface area (Å²) in [7, 11) is 3.75. The van der Waals surface area contributed by atoms with Crippen molar-refractivity contribution >= 4 is 5.91 Å². The van der Waals surface area contributed by atoms with Gasteiger partial charge in [-0.2, -0.15) is 5.10 Å². The van der Waals surface area contributed by atoms with Crippen molar-refractivity contribution in [1.82, 2.24) is 19.6 Å². The van der Waals surface area contributed by atoms with Crippen molar-refractivity contribution in [2.24, 2.45) is 0 Å². The first-order valence-electron chi connectivity index (χ1n) is 9.72. The van der Waals surface area contributed by atoms with Crippen molar-refractivity contribution in [3.63, 3.8) is 0 Å². The first kappa shape index (κ1) is 20.6. The summed E-state index contributed by atoms with van der Waals surface area (Å²) >= 11 is 0. The fourth-order valence-electron chi connectivity index (χ4n) is 2.98. The highest BCUT2D eigenvalue weighted by Gasteiger charge is 2.13. The lowest BCUT2D eigenvalue weighted by molar-refractivity contribution is -0.131. The van der Waals surface area contributed by atoms with E-state index < -0.39 is 0 Å². The smallest absolute Gasteiger partial charge is 0.236 e. The van der Waals surface area contributed by atoms with E-state index in [0.717, 1.165) is 17.0 Å². The summed E-state index contributed by atoms with van der Waals surface area (Å²) in [5.74, 6) is 0.924. The van der Waals surface area contributed by atoms with Crippen molar-refractivity contribution in [2.75, 3.05) is 33.8 Å². The van der Waals surface area contributed by atoms with Gasteiger partial charge < -0.3 is 9.64 Å². The Bertz CT molecular complexity index is 923. The Morgan fingerprint density at radius 1 is 1.10 bits per heavy atom. The van der Waals surface area contributed by atoms with Gasteiger partial charge in [0.1, 0.15) is 12.4 Å². The number of ether oxygens (including phenoxy) is 1. The summed E-state index contributed by atoms with van der Waals surface area (Å²) in [6.07, 6.45) is 3.76. The number of amides is 1. The van der Waals surface area contributed by atoms with Gasteiger partial charge >= 0.3 is 0 Å². The van der Waals surface area contributed by atoms with Crippen molar-refractivity contribution < 1.29 is 9.53 Å². The van der Waals surface area contributed by atoms with E-state index in [1.54, 1.807) is 11.1 Å². The molecule has 3 aromatic rings. The van der Waals surface area contributed by atoms with Crippen LogP contribution < -0.4 is 4.74 Å². The van der Waals surface area contributed by atoms with E-state index in [1.165, 1.54) is 5.56 Å². The molecule has 3 rings (SSSR count). The number of nitrogens with zero attached hydrogens (tertiary/aromatic N) is 4. The predicted molar refractivity (Wildman–Crippen MR) is 114 cm³/mol. The molecule has 0 aliphatic heterocycles. The molecular weight excluding hydrogens is 364 g/mol. The van der Waals surface area contributed by atoms with Crippen LogP contribution in [-0.2, 0) is 11.3 Å². The molecule has 0 saturated carbocycles. The number of rotatable bonds is 9. The maximum absolute atomic E-state index is 12.5. The molecule has 2 aromatic carbocycles. The third kappa shape index (κ3) is 6.19. The molecule has 29 heavy (non-hydrogen) atoms. The van der Waals surface area contributed by atoms with E-state index in [9.17, 15) is 4.79 Å². The third-order valence-electron chi connectivity index (χ3n) is 4.64. The van der Waals surface area contributed by atoms with Gasteiger partial charge in [-0.15, -0.1) is 0 Å². The number of benzene rings is 2. The van der Waals surface area contributed by atoms with Crippen molar-refractivity contribution in [3.8, 4) is 11.4 Å². The lowest BCUT2D eigenvalue weighted by Crippen LogP contribution is -2.37. The highest BCUT2D eigenvalue weighted by atomic mass is 16.5. The number of likely N-dealkylation sites (N-methyl/N-ethyl adjacent to an activating group) is 2. The minimum atomic E-state index is 0.0653. The quantitative estimate of drug-likeness (QED) is 0.561. The Balaban J connectivity index is 1.43. The minimum absolute atomic E-state index is 0.0653. The summed E-state index contributed by atoms with van der Waals surface area (Å²) in [6, 6.07) is 17.9. The van der Waals surface area contributed by atoms with Gasteiger partial charge in [0, 0.05) is 31.9 Å². The zero-order chi connectivity index (χ0) is 20.6. The standard InChI is InChI=1S/C23H28N4O2/c1-19-8-7-11-22(14-19)29-13-12-25(2)18-23(28)26(3)16-20-15-24-27(17-20)21-9-5-4-6-10-21/h4-11,14-15,17H,12-13,16,18H2,1-3H3. The Hall–Kier alpha value is -3.12. The van der Waals surface area contributed by atoms with Gasteiger partial charge in [-0.3, -0.25) is 9.69 Å². The molecule has 0 saturated heterocycles. The highest BCUT2D eigenvalue weighted by molar-refractivity contribution is 5.77. The molecule has 152 valence electrons. The van der Waals surface area contributed by atoms with Gasteiger partial charge in [0.05, 0.1) is 18.4 Å². The van der Waals surface area contributed by atoms with Gasteiger partial charge in [-0.1, -0.05) is 30.3 Å². The Morgan fingerprint density at radius 2 is 1.90 bits per heavy atom. The molecule has 0 bridgehead atoms. The van der Waals surface area contributed by atoms with Crippen LogP contribution in [0.2, 0.25) is 0 Å². The molecule has 1 amide bonds. The molecule has 0 N–H and O–H groups in total. The number of hydrogen-bond donors (Lipinski definition) is 0. The van der Waals surface area contributed by atoms with Gasteiger partial charge in [0.15, 0.2) is 0 Å². The molecule has 1 heterocycles. The normalized spacial score (nSPS) is 10.9. The number of aromatic nitrogens is 2. The molecule has 0 spiro atoms. The second kappa shape index (κ2) is 9.89. The molecule has 6 nitrogen and oxygen atoms in total. The summed E-state index contributed by atoms with van der Waals surface area (Å²) in [5.41, 5.74) is 3.17. The van der Waals surface area contributed by atoms with Crippen LogP contribution in [0.25, 0.3) is 5.69 Å². The maximum Gasteiger partial charge on any atom is 0.236 e. The van der Waals surface area contributed by atoms with E-state index in [-0.39, 0.29) is 5.91 Å². The van der Waals surface area contributed by atoms with E-state index in [4.69, 9.17) is 4.74 Å². The van der Waals surface area contributed by atoms with Crippen LogP contribution in [0.3, 0.4) is 0 Å². The van der Waals surface area contributed by atoms with Crippen molar-refractivity contribution in [1.29, 1.82) is 0 Å². The van der Waals surface area contributed by atoms with Gasteiger partial charge in [-0.05, 0) is 43.8 Å². The molecule has 0 fully saturated rings. The largest absolute Gasteiger partial charge is 0.492 e. The monoisotopic (exact) mass is 392 g/mol. The zero-order valence-electron chi connectivity index (χ0n) is 17.3. The molecule has 6 heteroatoms. The fourth-order valence-corrected chi connectivity index (χ4v) is 2.98. The first-order valence-corrected chi connectivity index (χ1v) is 9.72. The SMILES string of the molecule is Cc1cccc(OCCN(C)CC(=O)N(C)Cc2cnn(-c3ccccc3)c2)c1. The van der Waals surface area contributed by atoms with Crippen LogP contribution in [0.1, 0.15) is 11.1 Å². The first-order chi connectivity index (χ1) is 14.0. The second-order valence-corrected chi connectivity index (χ2v) is 7.28. The van der Waals surface area contributed by atoms with Gasteiger partial charge in [-0.25, -0.2) is 4.68 Å². The van der Waals surface area contributed by atoms with E-state index in [0.29, 0.717) is 26.2 Å². The molecule has 0 radical (unpaired) electrons. The third-order valence-corrected chi connectivity index (χ3v) is 4.64. The summed E-state index contributed by atoms with van der Waals surface area (Å²) in [5, 5.41) is 4.39. The average molecular weight is 393 g/mol. The molecule has 0 aliphatic carbocycles. The van der Waals surface area contributed by atoms with Crippen molar-refractivity contribution in [2.45, 2.75) is 13.5 Å². The lowest BCUT2D eigenvalue weighted by Gasteiger charge is -2.21. The van der Waals surface area contributed by atoms with Crippen LogP contribution >= 0.6 is 0 Å². The fraction of sp³-hybridized carbons (Fsp3) is 0.304. The molecular formula is C23H28N4O2. The Labute approximate surface area is 172 Å². The highest BCUT2D eigenvalue weighted by Crippen LogP contribution is 2.12. The Morgan fingerprint density at radius 3 is 2.66 bits per heavy atom. The van der Waals surface area contributed by atoms with Crippen LogP contribution in [0, 0.1) is 6.92 Å². The Kier molecular flexibility index (Phi) is 7.03.